The fourth-order valence-corrected chi connectivity index (χ4v) is 2.80. The van der Waals surface area contributed by atoms with Crippen LogP contribution in [0.15, 0.2) is 18.2 Å². The van der Waals surface area contributed by atoms with Gasteiger partial charge in [0.25, 0.3) is 0 Å². The van der Waals surface area contributed by atoms with Gasteiger partial charge in [0.15, 0.2) is 0 Å². The Bertz CT molecular complexity index is 561. The van der Waals surface area contributed by atoms with Crippen LogP contribution in [0.3, 0.4) is 0 Å². The second-order valence-corrected chi connectivity index (χ2v) is 5.83. The minimum atomic E-state index is -0.790. The SMILES string of the molecule is CC1(C(=O)O)CCCN(c2ccc(C(N)=O)c(Cl)c2)C1. The molecule has 20 heavy (non-hydrogen) atoms. The lowest BCUT2D eigenvalue weighted by Gasteiger charge is -2.39. The summed E-state index contributed by atoms with van der Waals surface area (Å²) in [5.74, 6) is -1.36. The molecule has 1 aliphatic heterocycles. The molecule has 1 heterocycles. The Morgan fingerprint density at radius 2 is 2.15 bits per heavy atom. The van der Waals surface area contributed by atoms with Crippen LogP contribution < -0.4 is 10.6 Å². The van der Waals surface area contributed by atoms with E-state index in [-0.39, 0.29) is 10.6 Å². The highest BCUT2D eigenvalue weighted by molar-refractivity contribution is 6.34. The first-order valence-electron chi connectivity index (χ1n) is 6.41. The van der Waals surface area contributed by atoms with Crippen LogP contribution in [0.25, 0.3) is 0 Å². The van der Waals surface area contributed by atoms with Crippen LogP contribution in [0.5, 0.6) is 0 Å². The summed E-state index contributed by atoms with van der Waals surface area (Å²) < 4.78 is 0. The Kier molecular flexibility index (Phi) is 3.90. The van der Waals surface area contributed by atoms with Gasteiger partial charge in [-0.1, -0.05) is 11.6 Å². The number of primary amides is 1. The van der Waals surface area contributed by atoms with E-state index in [0.29, 0.717) is 13.0 Å². The molecule has 1 aromatic rings. The van der Waals surface area contributed by atoms with Crippen molar-refractivity contribution in [3.8, 4) is 0 Å². The van der Waals surface area contributed by atoms with Gasteiger partial charge in [-0.2, -0.15) is 0 Å². The molecule has 1 fully saturated rings. The van der Waals surface area contributed by atoms with E-state index in [1.54, 1.807) is 25.1 Å². The lowest BCUT2D eigenvalue weighted by molar-refractivity contribution is -0.148. The first-order chi connectivity index (χ1) is 9.33. The minimum absolute atomic E-state index is 0.272. The molecule has 2 rings (SSSR count). The van der Waals surface area contributed by atoms with Crippen LogP contribution >= 0.6 is 11.6 Å². The molecule has 0 spiro atoms. The number of nitrogens with zero attached hydrogens (tertiary/aromatic N) is 1. The average Bonchev–Trinajstić information content (AvgIpc) is 2.38. The number of nitrogens with two attached hydrogens (primary N) is 1. The number of carboxylic acid groups (broad SMARTS) is 1. The zero-order valence-electron chi connectivity index (χ0n) is 11.2. The molecule has 1 amide bonds. The third-order valence-corrected chi connectivity index (χ3v) is 4.11. The Morgan fingerprint density at radius 3 is 2.70 bits per heavy atom. The summed E-state index contributed by atoms with van der Waals surface area (Å²) in [6.07, 6.45) is 1.46. The van der Waals surface area contributed by atoms with Crippen molar-refractivity contribution in [2.45, 2.75) is 19.8 Å². The number of benzene rings is 1. The molecule has 6 heteroatoms. The molecule has 0 aromatic heterocycles. The molecule has 1 aromatic carbocycles. The molecule has 1 atom stereocenters. The van der Waals surface area contributed by atoms with E-state index in [1.807, 2.05) is 4.90 Å². The van der Waals surface area contributed by atoms with Gasteiger partial charge in [0, 0.05) is 18.8 Å². The quantitative estimate of drug-likeness (QED) is 0.895. The third-order valence-electron chi connectivity index (χ3n) is 3.80. The van der Waals surface area contributed by atoms with Gasteiger partial charge in [-0.05, 0) is 38.0 Å². The summed E-state index contributed by atoms with van der Waals surface area (Å²) in [6, 6.07) is 4.99. The monoisotopic (exact) mass is 296 g/mol. The maximum absolute atomic E-state index is 11.3. The molecule has 0 aliphatic carbocycles. The zero-order valence-corrected chi connectivity index (χ0v) is 12.0. The van der Waals surface area contributed by atoms with Gasteiger partial charge >= 0.3 is 5.97 Å². The number of rotatable bonds is 3. The van der Waals surface area contributed by atoms with E-state index in [0.717, 1.165) is 18.7 Å². The molecule has 5 nitrogen and oxygen atoms in total. The first kappa shape index (κ1) is 14.7. The molecular formula is C14H17ClN2O3. The van der Waals surface area contributed by atoms with Gasteiger partial charge < -0.3 is 15.7 Å². The lowest BCUT2D eigenvalue weighted by atomic mass is 9.82. The Hall–Kier alpha value is -1.75. The van der Waals surface area contributed by atoms with E-state index in [1.165, 1.54) is 0 Å². The van der Waals surface area contributed by atoms with Crippen molar-refractivity contribution in [3.05, 3.63) is 28.8 Å². The Labute approximate surface area is 122 Å². The number of carboxylic acids is 1. The number of halogens is 1. The number of carbonyl (C=O) groups is 2. The van der Waals surface area contributed by atoms with Crippen molar-refractivity contribution in [2.75, 3.05) is 18.0 Å². The van der Waals surface area contributed by atoms with Crippen molar-refractivity contribution in [1.29, 1.82) is 0 Å². The second kappa shape index (κ2) is 5.32. The van der Waals surface area contributed by atoms with Crippen LogP contribution in [0, 0.1) is 5.41 Å². The Balaban J connectivity index is 2.26. The predicted molar refractivity (Wildman–Crippen MR) is 77.2 cm³/mol. The summed E-state index contributed by atoms with van der Waals surface area (Å²) in [5, 5.41) is 9.61. The van der Waals surface area contributed by atoms with Crippen LogP contribution in [-0.4, -0.2) is 30.1 Å². The molecule has 1 aliphatic rings. The van der Waals surface area contributed by atoms with E-state index in [9.17, 15) is 14.7 Å². The highest BCUT2D eigenvalue weighted by atomic mass is 35.5. The van der Waals surface area contributed by atoms with Crippen molar-refractivity contribution in [1.82, 2.24) is 0 Å². The van der Waals surface area contributed by atoms with Gasteiger partial charge in [-0.15, -0.1) is 0 Å². The molecular weight excluding hydrogens is 280 g/mol. The highest BCUT2D eigenvalue weighted by Gasteiger charge is 2.38. The number of hydrogen-bond acceptors (Lipinski definition) is 3. The van der Waals surface area contributed by atoms with Gasteiger partial charge in [0.05, 0.1) is 16.0 Å². The second-order valence-electron chi connectivity index (χ2n) is 5.42. The van der Waals surface area contributed by atoms with Crippen molar-refractivity contribution >= 4 is 29.2 Å². The van der Waals surface area contributed by atoms with E-state index in [2.05, 4.69) is 0 Å². The van der Waals surface area contributed by atoms with Gasteiger partial charge in [0.2, 0.25) is 5.91 Å². The zero-order chi connectivity index (χ0) is 14.9. The molecule has 0 saturated carbocycles. The van der Waals surface area contributed by atoms with E-state index in [4.69, 9.17) is 17.3 Å². The number of anilines is 1. The molecule has 0 radical (unpaired) electrons. The lowest BCUT2D eigenvalue weighted by Crippen LogP contribution is -2.46. The Morgan fingerprint density at radius 1 is 1.45 bits per heavy atom. The fourth-order valence-electron chi connectivity index (χ4n) is 2.53. The summed E-state index contributed by atoms with van der Waals surface area (Å²) in [5.41, 5.74) is 5.54. The number of hydrogen-bond donors (Lipinski definition) is 2. The topological polar surface area (TPSA) is 83.6 Å². The maximum Gasteiger partial charge on any atom is 0.311 e. The summed E-state index contributed by atoms with van der Waals surface area (Å²) in [6.45, 7) is 2.95. The maximum atomic E-state index is 11.3. The van der Waals surface area contributed by atoms with E-state index < -0.39 is 17.3 Å². The van der Waals surface area contributed by atoms with Crippen LogP contribution in [0.1, 0.15) is 30.1 Å². The average molecular weight is 297 g/mol. The molecule has 1 saturated heterocycles. The standard InChI is InChI=1S/C14H17ClN2O3/c1-14(13(19)20)5-2-6-17(8-14)9-3-4-10(12(16)18)11(15)7-9/h3-4,7H,2,5-6,8H2,1H3,(H2,16,18)(H,19,20). The first-order valence-corrected chi connectivity index (χ1v) is 6.79. The van der Waals surface area contributed by atoms with Crippen LogP contribution in [0.4, 0.5) is 5.69 Å². The predicted octanol–water partition coefficient (Wildman–Crippen LogP) is 2.13. The highest BCUT2D eigenvalue weighted by Crippen LogP contribution is 2.33. The number of carbonyl (C=O) groups excluding carboxylic acids is 1. The molecule has 0 bridgehead atoms. The summed E-state index contributed by atoms with van der Waals surface area (Å²) in [4.78, 5) is 24.5. The molecule has 1 unspecified atom stereocenters. The summed E-state index contributed by atoms with van der Waals surface area (Å²) >= 11 is 6.03. The van der Waals surface area contributed by atoms with Crippen molar-refractivity contribution < 1.29 is 14.7 Å². The molecule has 108 valence electrons. The van der Waals surface area contributed by atoms with Crippen molar-refractivity contribution in [3.63, 3.8) is 0 Å². The number of aliphatic carboxylic acids is 1. The van der Waals surface area contributed by atoms with Gasteiger partial charge in [0.1, 0.15) is 0 Å². The minimum Gasteiger partial charge on any atom is -0.481 e. The normalized spacial score (nSPS) is 22.6. The summed E-state index contributed by atoms with van der Waals surface area (Å²) in [7, 11) is 0. The number of piperidine rings is 1. The smallest absolute Gasteiger partial charge is 0.311 e. The van der Waals surface area contributed by atoms with Crippen molar-refractivity contribution in [2.24, 2.45) is 11.1 Å². The van der Waals surface area contributed by atoms with Gasteiger partial charge in [-0.3, -0.25) is 9.59 Å². The molecule has 3 N–H and O–H groups in total. The third kappa shape index (κ3) is 2.72. The van der Waals surface area contributed by atoms with Crippen LogP contribution in [-0.2, 0) is 4.79 Å². The van der Waals surface area contributed by atoms with E-state index >= 15 is 0 Å². The largest absolute Gasteiger partial charge is 0.481 e. The fraction of sp³-hybridized carbons (Fsp3) is 0.429. The number of amides is 1. The van der Waals surface area contributed by atoms with Gasteiger partial charge in [-0.25, -0.2) is 0 Å². The van der Waals surface area contributed by atoms with Crippen LogP contribution in [0.2, 0.25) is 5.02 Å².